The van der Waals surface area contributed by atoms with Gasteiger partial charge in [-0.15, -0.1) is 0 Å². The minimum Gasteiger partial charge on any atom is -0.491 e. The number of ether oxygens (including phenoxy) is 15. The average Bonchev–Trinajstić information content (AvgIpc) is 1.73. The van der Waals surface area contributed by atoms with E-state index in [0.29, 0.717) is 173 Å². The summed E-state index contributed by atoms with van der Waals surface area (Å²) in [5.74, 6) is -8.35. The van der Waals surface area contributed by atoms with Gasteiger partial charge in [0.15, 0.2) is 15.6 Å². The van der Waals surface area contributed by atoms with E-state index in [1.165, 1.54) is 29.9 Å². The zero-order valence-electron chi connectivity index (χ0n) is 77.2. The van der Waals surface area contributed by atoms with E-state index in [1.54, 1.807) is 40.3 Å². The number of esters is 1. The van der Waals surface area contributed by atoms with Crippen molar-refractivity contribution in [2.45, 2.75) is 211 Å². The Kier molecular flexibility index (Phi) is 45.7. The lowest BCUT2D eigenvalue weighted by molar-refractivity contribution is -0.265. The number of alkyl carbamates (subject to hydrolysis) is 1. The summed E-state index contributed by atoms with van der Waals surface area (Å²) in [5, 5.41) is 29.1. The van der Waals surface area contributed by atoms with Gasteiger partial charge in [0.25, 0.3) is 17.6 Å². The summed E-state index contributed by atoms with van der Waals surface area (Å²) in [4.78, 5) is 103. The van der Waals surface area contributed by atoms with Crippen LogP contribution in [-0.2, 0) is 107 Å². The molecule has 0 radical (unpaired) electrons. The van der Waals surface area contributed by atoms with Crippen LogP contribution in [-0.4, -0.2) is 295 Å². The minimum atomic E-state index is -4.19. The van der Waals surface area contributed by atoms with Crippen LogP contribution in [0.2, 0.25) is 0 Å². The number of pyridine rings is 1. The number of aliphatic hydroxyl groups is 2. The molecule has 4 amide bonds. The van der Waals surface area contributed by atoms with Crippen molar-refractivity contribution in [1.29, 1.82) is 0 Å². The molecule has 34 heteroatoms. The number of benzene rings is 2. The Balaban J connectivity index is 0.639. The second-order valence-corrected chi connectivity index (χ2v) is 36.3. The number of carbonyl (C=O) groups excluding carboxylic acids is 7. The zero-order chi connectivity index (χ0) is 93.4. The molecule has 1 aliphatic carbocycles. The molecule has 2 saturated heterocycles. The van der Waals surface area contributed by atoms with Gasteiger partial charge in [0.2, 0.25) is 11.7 Å². The number of cyclic esters (lactones) is 1. The van der Waals surface area contributed by atoms with Crippen LogP contribution in [0.25, 0.3) is 11.1 Å². The molecule has 5 heterocycles. The van der Waals surface area contributed by atoms with Crippen molar-refractivity contribution in [3.63, 3.8) is 0 Å². The Morgan fingerprint density at radius 3 is 1.97 bits per heavy atom. The molecule has 129 heavy (non-hydrogen) atoms. The van der Waals surface area contributed by atoms with Gasteiger partial charge in [0.1, 0.15) is 59.3 Å². The van der Waals surface area contributed by atoms with Crippen molar-refractivity contribution >= 4 is 57.0 Å². The van der Waals surface area contributed by atoms with Gasteiger partial charge in [-0.25, -0.2) is 27.4 Å². The van der Waals surface area contributed by atoms with Crippen LogP contribution in [0.15, 0.2) is 101 Å². The summed E-state index contributed by atoms with van der Waals surface area (Å²) in [6, 6.07) is 10.4. The molecule has 8 rings (SSSR count). The fourth-order valence-corrected chi connectivity index (χ4v) is 18.1. The van der Waals surface area contributed by atoms with Crippen LogP contribution in [0, 0.1) is 48.2 Å². The van der Waals surface area contributed by atoms with Crippen LogP contribution < -0.4 is 21.1 Å². The highest BCUT2D eigenvalue weighted by Gasteiger charge is 2.53. The average molecular weight is 1830 g/mol. The Hall–Kier alpha value is -8.04. The number of anilines is 1. The van der Waals surface area contributed by atoms with E-state index in [1.807, 2.05) is 95.3 Å². The number of amides is 4. The predicted molar refractivity (Wildman–Crippen MR) is 479 cm³/mol. The van der Waals surface area contributed by atoms with E-state index in [4.69, 9.17) is 76.8 Å². The molecule has 1 aromatic heterocycles. The van der Waals surface area contributed by atoms with E-state index >= 15 is 4.39 Å². The third-order valence-corrected chi connectivity index (χ3v) is 26.1. The number of carbonyl (C=O) groups is 7. The van der Waals surface area contributed by atoms with E-state index in [9.17, 15) is 52.2 Å². The molecule has 4 aliphatic heterocycles. The third-order valence-electron chi connectivity index (χ3n) is 24.4. The third kappa shape index (κ3) is 33.9. The van der Waals surface area contributed by atoms with E-state index < -0.39 is 128 Å². The van der Waals surface area contributed by atoms with Crippen LogP contribution >= 0.6 is 0 Å². The summed E-state index contributed by atoms with van der Waals surface area (Å²) < 4.78 is 129. The number of aliphatic hydroxyl groups excluding tert-OH is 1. The largest absolute Gasteiger partial charge is 0.491 e. The molecule has 1 saturated carbocycles. The molecule has 0 unspecified atom stereocenters. The van der Waals surface area contributed by atoms with Crippen molar-refractivity contribution in [3.05, 3.63) is 119 Å². The Morgan fingerprint density at radius 1 is 0.682 bits per heavy atom. The summed E-state index contributed by atoms with van der Waals surface area (Å²) in [5.41, 5.74) is 9.52. The number of sulfone groups is 1. The highest BCUT2D eigenvalue weighted by atomic mass is 32.2. The second-order valence-electron chi connectivity index (χ2n) is 34.2. The van der Waals surface area contributed by atoms with Gasteiger partial charge in [-0.05, 0) is 180 Å². The number of ketones is 2. The van der Waals surface area contributed by atoms with Gasteiger partial charge >= 0.3 is 12.1 Å². The van der Waals surface area contributed by atoms with Gasteiger partial charge in [-0.3, -0.25) is 24.0 Å². The number of allylic oxidation sites excluding steroid dienone is 6. The minimum absolute atomic E-state index is 0.0229. The number of halogens is 1. The van der Waals surface area contributed by atoms with Crippen molar-refractivity contribution < 1.29 is 128 Å². The summed E-state index contributed by atoms with van der Waals surface area (Å²) in [6.07, 6.45) is 14.0. The number of nitrogens with two attached hydrogens (primary N) is 1. The van der Waals surface area contributed by atoms with Gasteiger partial charge in [0.05, 0.1) is 136 Å². The lowest BCUT2D eigenvalue weighted by Crippen LogP contribution is -2.61. The number of nitrogens with zero attached hydrogens (tertiary/aromatic N) is 3. The molecule has 2 aromatic carbocycles. The molecular formula is C95H141FN6O26S. The monoisotopic (exact) mass is 1830 g/mol. The first kappa shape index (κ1) is 106. The number of hydrogen-bond acceptors (Lipinski definition) is 28. The predicted octanol–water partition coefficient (Wildman–Crippen LogP) is 9.98. The summed E-state index contributed by atoms with van der Waals surface area (Å²) in [7, 11) is 0.403. The molecular weight excluding hydrogens is 1690 g/mol. The molecule has 0 spiro atoms. The number of nitrogens with one attached hydrogen (secondary N) is 2. The van der Waals surface area contributed by atoms with E-state index in [2.05, 4.69) is 15.6 Å². The van der Waals surface area contributed by atoms with Crippen LogP contribution in [0.3, 0.4) is 0 Å². The fraction of sp³-hybridized carbons (Fsp3) is 0.663. The number of nitrogen functional groups attached to an aromatic ring is 1. The maximum Gasteiger partial charge on any atom is 0.407 e. The maximum atomic E-state index is 15.8. The quantitative estimate of drug-likeness (QED) is 0.0153. The zero-order valence-corrected chi connectivity index (χ0v) is 78.0. The van der Waals surface area contributed by atoms with Crippen molar-refractivity contribution in [1.82, 2.24) is 25.4 Å². The molecule has 32 nitrogen and oxygen atoms in total. The number of Topliss-reactive ketones (excluding diaryl/α,β-unsaturated/α-hetero) is 2. The number of rotatable bonds is 40. The number of methoxy groups -OCH3 is 3. The first-order valence-corrected chi connectivity index (χ1v) is 47.2. The van der Waals surface area contributed by atoms with E-state index in [0.717, 1.165) is 28.3 Å². The van der Waals surface area contributed by atoms with Crippen LogP contribution in [0.4, 0.5) is 15.0 Å². The first-order valence-electron chi connectivity index (χ1n) is 45.5. The molecule has 15 atom stereocenters. The molecule has 3 aromatic rings. The van der Waals surface area contributed by atoms with Crippen LogP contribution in [0.5, 0.6) is 5.75 Å². The number of hydrogen-bond donors (Lipinski definition) is 5. The second kappa shape index (κ2) is 55.5. The Morgan fingerprint density at radius 2 is 1.33 bits per heavy atom. The lowest BCUT2D eigenvalue weighted by atomic mass is 9.78. The van der Waals surface area contributed by atoms with E-state index in [-0.39, 0.29) is 119 Å². The van der Waals surface area contributed by atoms with Gasteiger partial charge in [-0.2, -0.15) is 0 Å². The normalized spacial score (nSPS) is 26.1. The summed E-state index contributed by atoms with van der Waals surface area (Å²) in [6.45, 7) is 20.2. The molecule has 2 bridgehead atoms. The van der Waals surface area contributed by atoms with Gasteiger partial charge in [0, 0.05) is 95.1 Å². The molecule has 720 valence electrons. The smallest absolute Gasteiger partial charge is 0.407 e. The fourth-order valence-electron chi connectivity index (χ4n) is 16.8. The van der Waals surface area contributed by atoms with Gasteiger partial charge < -0.3 is 107 Å². The van der Waals surface area contributed by atoms with Crippen LogP contribution in [0.1, 0.15) is 160 Å². The number of aromatic nitrogens is 1. The lowest BCUT2D eigenvalue weighted by Gasteiger charge is -2.42. The van der Waals surface area contributed by atoms with Crippen molar-refractivity contribution in [2.75, 3.05) is 171 Å². The molecule has 3 fully saturated rings. The highest BCUT2D eigenvalue weighted by molar-refractivity contribution is 7.91. The van der Waals surface area contributed by atoms with Gasteiger partial charge in [-0.1, -0.05) is 77.1 Å². The first-order chi connectivity index (χ1) is 62.0. The van der Waals surface area contributed by atoms with Crippen molar-refractivity contribution in [3.8, 4) is 16.9 Å². The summed E-state index contributed by atoms with van der Waals surface area (Å²) >= 11 is 0. The molecule has 6 N–H and O–H groups in total. The Labute approximate surface area is 760 Å². The van der Waals surface area contributed by atoms with Crippen molar-refractivity contribution in [2.24, 2.45) is 35.5 Å². The Bertz CT molecular complexity index is 4270. The highest BCUT2D eigenvalue weighted by Crippen LogP contribution is 2.40. The topological polar surface area (TPSA) is 402 Å². The maximum absolute atomic E-state index is 15.8. The SMILES string of the molecule is CO[C@H]1C[C@@H]2CC[C@@H](C)[C@@](O)(O2)C(=O)C(=O)N2CCCC[C@H]2C(=O)O[C@H]([C@H](C)C[C@@H]2CC[C@@H](OC(=O)NCCOCCOCCOCCOCCOCCOCCOCCOCCC(=O)NCCS(=O)(=O)c3ccc(C(=O)N4CCOc5ccc(-c6ccc(N)nc6)cc5C4)c(C)c3F)[C@H](OC)C2)CC[C@H](C)/C=C(\C)[C@@H](O)[C@@H](OC)C(=O)[C@H](C)C[C@H](C)/C=C/C=CC=C1C. The molecule has 5 aliphatic rings. The number of piperidine rings is 1. The number of fused-ring (bicyclic) bond motifs is 4. The standard InChI is InChI=1S/C95H141FN6O26S/c1-63-17-13-12-14-18-65(3)81(114-9)60-75-25-21-69(7)95(111,128-75)90(106)92(108)102-35-16-15-19-77(102)93(109)126-78(27-20-64(2)56-68(6)88(105)89(116-11)87(104)67(5)55-63)66(4)57-71-22-28-80(82(58-71)115-10)127-94(110)99-33-38-118-41-43-120-45-47-122-49-51-124-53-52-123-50-48-121-46-44-119-42-40-117-37-32-85(103)98-34-54-129(112,113)83-30-26-76(70(8)86(83)96)91(107)101-36-39-125-79-29-23-72(59-74(79)62-101)73-24-31-84(97)100-61-73/h12-14,17-18,23-24,26,29-31,56,59,61,63-64,66-67,69,71,75,77-78,80-82,88-89,105,111H,15-16,19-22,25,27-28,32-55,57-58,60,62H2,1-11H3,(H2,97,100)(H,98,103)(H,99,110)/b14-12?,17-13+,65-18?,68-56+/t63-,64+,66-,67-,69-,71+,75+,77+,78+,80-,81+,82-,88-,89+,95-/m1/s1.